The highest BCUT2D eigenvalue weighted by Gasteiger charge is 2.25. The topological polar surface area (TPSA) is 127 Å². The van der Waals surface area contributed by atoms with Crippen LogP contribution in [0.4, 0.5) is 0 Å². The van der Waals surface area contributed by atoms with Gasteiger partial charge in [-0.3, -0.25) is 9.59 Å². The van der Waals surface area contributed by atoms with E-state index in [1.807, 2.05) is 4.72 Å². The van der Waals surface area contributed by atoms with Crippen molar-refractivity contribution in [1.29, 1.82) is 0 Å². The molecule has 104 valence electrons. The number of carboxylic acids is 1. The van der Waals surface area contributed by atoms with Gasteiger partial charge in [-0.15, -0.1) is 0 Å². The Hall–Kier alpha value is -1.93. The average Bonchev–Trinajstić information content (AvgIpc) is 2.27. The summed E-state index contributed by atoms with van der Waals surface area (Å²) in [6.07, 6.45) is -0.594. The van der Waals surface area contributed by atoms with E-state index in [1.54, 1.807) is 30.3 Å². The first-order valence-corrected chi connectivity index (χ1v) is 7.00. The number of benzene rings is 1. The second kappa shape index (κ2) is 6.30. The van der Waals surface area contributed by atoms with E-state index in [9.17, 15) is 18.0 Å². The molecule has 0 heterocycles. The summed E-state index contributed by atoms with van der Waals surface area (Å²) in [4.78, 5) is 21.5. The van der Waals surface area contributed by atoms with Crippen molar-refractivity contribution in [3.63, 3.8) is 0 Å². The molecule has 0 aliphatic carbocycles. The number of aliphatic carboxylic acids is 1. The van der Waals surface area contributed by atoms with E-state index in [-0.39, 0.29) is 5.75 Å². The molecule has 1 atom stereocenters. The molecular formula is C11H14N2O5S. The number of sulfonamides is 1. The predicted octanol–water partition coefficient (Wildman–Crippen LogP) is -0.565. The van der Waals surface area contributed by atoms with Gasteiger partial charge in [-0.1, -0.05) is 30.3 Å². The summed E-state index contributed by atoms with van der Waals surface area (Å²) in [6, 6.07) is 6.72. The van der Waals surface area contributed by atoms with Gasteiger partial charge in [0.1, 0.15) is 6.04 Å². The first-order chi connectivity index (χ1) is 8.80. The number of amides is 1. The van der Waals surface area contributed by atoms with Crippen LogP contribution < -0.4 is 10.5 Å². The smallest absolute Gasteiger partial charge is 0.322 e. The Morgan fingerprint density at radius 2 is 1.84 bits per heavy atom. The molecule has 0 spiro atoms. The van der Waals surface area contributed by atoms with Gasteiger partial charge in [0.2, 0.25) is 15.9 Å². The van der Waals surface area contributed by atoms with Crippen molar-refractivity contribution in [2.24, 2.45) is 5.73 Å². The molecule has 0 fully saturated rings. The normalized spacial score (nSPS) is 12.8. The zero-order valence-electron chi connectivity index (χ0n) is 9.94. The van der Waals surface area contributed by atoms with E-state index in [0.29, 0.717) is 5.56 Å². The first kappa shape index (κ1) is 15.1. The van der Waals surface area contributed by atoms with Crippen LogP contribution >= 0.6 is 0 Å². The molecule has 0 bridgehead atoms. The standard InChI is InChI=1S/C11H14N2O5S/c12-10(14)6-9(11(15)16)13-19(17,18)7-8-4-2-1-3-5-8/h1-5,9,13H,6-7H2,(H2,12,14)(H,15,16). The van der Waals surface area contributed by atoms with E-state index in [1.165, 1.54) is 0 Å². The lowest BCUT2D eigenvalue weighted by atomic mass is 10.2. The number of carbonyl (C=O) groups is 2. The Balaban J connectivity index is 2.77. The van der Waals surface area contributed by atoms with Gasteiger partial charge in [0, 0.05) is 0 Å². The Morgan fingerprint density at radius 3 is 2.32 bits per heavy atom. The summed E-state index contributed by atoms with van der Waals surface area (Å²) in [5.41, 5.74) is 5.38. The molecule has 8 heteroatoms. The first-order valence-electron chi connectivity index (χ1n) is 5.35. The maximum atomic E-state index is 11.8. The molecule has 0 saturated carbocycles. The lowest BCUT2D eigenvalue weighted by molar-refractivity contribution is -0.140. The number of nitrogens with one attached hydrogen (secondary N) is 1. The Kier molecular flexibility index (Phi) is 5.02. The fourth-order valence-electron chi connectivity index (χ4n) is 1.43. The molecule has 0 aromatic heterocycles. The van der Waals surface area contributed by atoms with Crippen molar-refractivity contribution in [1.82, 2.24) is 4.72 Å². The molecule has 7 nitrogen and oxygen atoms in total. The van der Waals surface area contributed by atoms with Crippen molar-refractivity contribution in [3.8, 4) is 0 Å². The third-order valence-electron chi connectivity index (χ3n) is 2.22. The second-order valence-electron chi connectivity index (χ2n) is 3.92. The third-order valence-corrected chi connectivity index (χ3v) is 3.58. The fraction of sp³-hybridized carbons (Fsp3) is 0.273. The fourth-order valence-corrected chi connectivity index (χ4v) is 2.76. The molecule has 1 unspecified atom stereocenters. The van der Waals surface area contributed by atoms with Gasteiger partial charge in [-0.25, -0.2) is 13.1 Å². The van der Waals surface area contributed by atoms with Crippen LogP contribution in [-0.2, 0) is 25.4 Å². The van der Waals surface area contributed by atoms with Gasteiger partial charge in [0.05, 0.1) is 12.2 Å². The maximum absolute atomic E-state index is 11.8. The van der Waals surface area contributed by atoms with Gasteiger partial charge >= 0.3 is 5.97 Å². The number of carbonyl (C=O) groups excluding carboxylic acids is 1. The molecule has 4 N–H and O–H groups in total. The van der Waals surface area contributed by atoms with Gasteiger partial charge in [-0.05, 0) is 5.56 Å². The lowest BCUT2D eigenvalue weighted by Crippen LogP contribution is -2.43. The zero-order valence-corrected chi connectivity index (χ0v) is 10.8. The van der Waals surface area contributed by atoms with E-state index >= 15 is 0 Å². The molecule has 1 aromatic carbocycles. The minimum atomic E-state index is -3.86. The van der Waals surface area contributed by atoms with Crippen LogP contribution in [-0.4, -0.2) is 31.4 Å². The molecule has 0 saturated heterocycles. The predicted molar refractivity (Wildman–Crippen MR) is 67.4 cm³/mol. The molecular weight excluding hydrogens is 272 g/mol. The van der Waals surface area contributed by atoms with E-state index in [4.69, 9.17) is 10.8 Å². The Bertz CT molecular complexity index is 556. The van der Waals surface area contributed by atoms with Gasteiger partial charge < -0.3 is 10.8 Å². The minimum absolute atomic E-state index is 0.365. The third kappa shape index (κ3) is 5.49. The van der Waals surface area contributed by atoms with Gasteiger partial charge in [0.15, 0.2) is 0 Å². The Labute approximate surface area is 110 Å². The summed E-state index contributed by atoms with van der Waals surface area (Å²) >= 11 is 0. The molecule has 1 amide bonds. The number of carboxylic acid groups (broad SMARTS) is 1. The summed E-state index contributed by atoms with van der Waals surface area (Å²) in [6.45, 7) is 0. The van der Waals surface area contributed by atoms with Crippen molar-refractivity contribution >= 4 is 21.9 Å². The van der Waals surface area contributed by atoms with Gasteiger partial charge in [-0.2, -0.15) is 0 Å². The number of hydrogen-bond acceptors (Lipinski definition) is 4. The largest absolute Gasteiger partial charge is 0.480 e. The minimum Gasteiger partial charge on any atom is -0.480 e. The van der Waals surface area contributed by atoms with Crippen LogP contribution in [0.5, 0.6) is 0 Å². The summed E-state index contributed by atoms with van der Waals surface area (Å²) < 4.78 is 25.5. The number of rotatable bonds is 7. The highest BCUT2D eigenvalue weighted by Crippen LogP contribution is 2.05. The monoisotopic (exact) mass is 286 g/mol. The number of hydrogen-bond donors (Lipinski definition) is 3. The molecule has 1 rings (SSSR count). The highest BCUT2D eigenvalue weighted by molar-refractivity contribution is 7.88. The van der Waals surface area contributed by atoms with Crippen molar-refractivity contribution < 1.29 is 23.1 Å². The van der Waals surface area contributed by atoms with Crippen LogP contribution in [0, 0.1) is 0 Å². The van der Waals surface area contributed by atoms with Crippen LogP contribution in [0.25, 0.3) is 0 Å². The van der Waals surface area contributed by atoms with Crippen LogP contribution in [0.1, 0.15) is 12.0 Å². The molecule has 0 aliphatic rings. The molecule has 19 heavy (non-hydrogen) atoms. The zero-order chi connectivity index (χ0) is 14.5. The lowest BCUT2D eigenvalue weighted by Gasteiger charge is -2.13. The Morgan fingerprint density at radius 1 is 1.26 bits per heavy atom. The van der Waals surface area contributed by atoms with Crippen LogP contribution in [0.2, 0.25) is 0 Å². The molecule has 1 aromatic rings. The number of primary amides is 1. The van der Waals surface area contributed by atoms with Crippen molar-refractivity contribution in [2.75, 3.05) is 0 Å². The summed E-state index contributed by atoms with van der Waals surface area (Å²) in [5, 5.41) is 8.82. The molecule has 0 aliphatic heterocycles. The van der Waals surface area contributed by atoms with Crippen LogP contribution in [0.3, 0.4) is 0 Å². The highest BCUT2D eigenvalue weighted by atomic mass is 32.2. The van der Waals surface area contributed by atoms with Crippen LogP contribution in [0.15, 0.2) is 30.3 Å². The van der Waals surface area contributed by atoms with Gasteiger partial charge in [0.25, 0.3) is 0 Å². The van der Waals surface area contributed by atoms with Crippen molar-refractivity contribution in [2.45, 2.75) is 18.2 Å². The maximum Gasteiger partial charge on any atom is 0.322 e. The second-order valence-corrected chi connectivity index (χ2v) is 5.68. The average molecular weight is 286 g/mol. The summed E-state index contributed by atoms with van der Waals surface area (Å²) in [5.74, 6) is -2.71. The summed E-state index contributed by atoms with van der Waals surface area (Å²) in [7, 11) is -3.86. The number of nitrogens with two attached hydrogens (primary N) is 1. The van der Waals surface area contributed by atoms with E-state index in [2.05, 4.69) is 0 Å². The van der Waals surface area contributed by atoms with Crippen molar-refractivity contribution in [3.05, 3.63) is 35.9 Å². The van der Waals surface area contributed by atoms with E-state index in [0.717, 1.165) is 0 Å². The molecule has 0 radical (unpaired) electrons. The SMILES string of the molecule is NC(=O)CC(NS(=O)(=O)Cc1ccccc1)C(=O)O. The quantitative estimate of drug-likeness (QED) is 0.619. The van der Waals surface area contributed by atoms with E-state index < -0.39 is 34.4 Å².